The Hall–Kier alpha value is -1.30. The highest BCUT2D eigenvalue weighted by Crippen LogP contribution is 2.52. The van der Waals surface area contributed by atoms with Gasteiger partial charge in [-0.2, -0.15) is 0 Å². The molecule has 2 aliphatic carbocycles. The summed E-state index contributed by atoms with van der Waals surface area (Å²) in [6.45, 7) is 6.90. The van der Waals surface area contributed by atoms with Crippen molar-refractivity contribution in [1.82, 2.24) is 0 Å². The molecule has 1 unspecified atom stereocenters. The van der Waals surface area contributed by atoms with Crippen molar-refractivity contribution in [2.24, 2.45) is 0 Å². The van der Waals surface area contributed by atoms with E-state index in [9.17, 15) is 0 Å². The summed E-state index contributed by atoms with van der Waals surface area (Å²) in [7, 11) is 0. The fraction of sp³-hybridized carbons (Fsp3) is 0.375. The maximum Gasteiger partial charge on any atom is 0.0117 e. The summed E-state index contributed by atoms with van der Waals surface area (Å²) in [6, 6.07) is 6.95. The highest BCUT2D eigenvalue weighted by Gasteiger charge is 2.41. The fourth-order valence-corrected chi connectivity index (χ4v) is 3.24. The molecule has 0 amide bonds. The van der Waals surface area contributed by atoms with Crippen molar-refractivity contribution in [2.75, 3.05) is 0 Å². The molecule has 0 saturated heterocycles. The van der Waals surface area contributed by atoms with Gasteiger partial charge in [0.1, 0.15) is 0 Å². The van der Waals surface area contributed by atoms with Crippen LogP contribution in [-0.4, -0.2) is 0 Å². The van der Waals surface area contributed by atoms with Crippen LogP contribution >= 0.6 is 0 Å². The van der Waals surface area contributed by atoms with Crippen LogP contribution < -0.4 is 0 Å². The second kappa shape index (κ2) is 3.10. The quantitative estimate of drug-likeness (QED) is 0.600. The van der Waals surface area contributed by atoms with E-state index in [0.29, 0.717) is 5.92 Å². The van der Waals surface area contributed by atoms with Crippen LogP contribution in [0.2, 0.25) is 0 Å². The molecule has 1 aromatic carbocycles. The van der Waals surface area contributed by atoms with Crippen LogP contribution in [0.15, 0.2) is 42.0 Å². The van der Waals surface area contributed by atoms with Crippen LogP contribution in [0.3, 0.4) is 0 Å². The van der Waals surface area contributed by atoms with E-state index in [1.807, 2.05) is 0 Å². The van der Waals surface area contributed by atoms with Crippen LogP contribution in [0.4, 0.5) is 0 Å². The maximum atomic E-state index is 2.37. The first-order valence-electron chi connectivity index (χ1n) is 6.09. The summed E-state index contributed by atoms with van der Waals surface area (Å²) >= 11 is 0. The average Bonchev–Trinajstić information content (AvgIpc) is 2.49. The van der Waals surface area contributed by atoms with Crippen molar-refractivity contribution in [1.29, 1.82) is 0 Å². The van der Waals surface area contributed by atoms with E-state index in [1.165, 1.54) is 17.5 Å². The number of hydrogen-bond donors (Lipinski definition) is 0. The Labute approximate surface area is 97.7 Å². The highest BCUT2D eigenvalue weighted by molar-refractivity contribution is 5.56. The Morgan fingerprint density at radius 1 is 1.25 bits per heavy atom. The van der Waals surface area contributed by atoms with E-state index in [-0.39, 0.29) is 5.41 Å². The lowest BCUT2D eigenvalue weighted by Crippen LogP contribution is -2.17. The van der Waals surface area contributed by atoms with Gasteiger partial charge in [-0.15, -0.1) is 0 Å². The lowest BCUT2D eigenvalue weighted by molar-refractivity contribution is 0.612. The number of aryl methyl sites for hydroxylation is 1. The van der Waals surface area contributed by atoms with E-state index >= 15 is 0 Å². The number of fused-ring (bicyclic) bond motifs is 3. The number of benzene rings is 1. The smallest absolute Gasteiger partial charge is 0.0117 e. The Balaban J connectivity index is 2.26. The molecule has 0 heteroatoms. The molecule has 1 atom stereocenters. The standard InChI is InChI=1S/C16H18/c1-11-8-9-13-12-6-4-5-7-14(12)16(2,3)15(13)10-11/h4-5,7-10,12H,6H2,1-3H3. The second-order valence-corrected chi connectivity index (χ2v) is 5.55. The lowest BCUT2D eigenvalue weighted by Gasteiger charge is -2.25. The Morgan fingerprint density at radius 2 is 2.06 bits per heavy atom. The van der Waals surface area contributed by atoms with Crippen LogP contribution in [0, 0.1) is 6.92 Å². The Bertz CT molecular complexity index is 501. The molecular weight excluding hydrogens is 192 g/mol. The largest absolute Gasteiger partial charge is 0.0836 e. The third-order valence-corrected chi connectivity index (χ3v) is 4.14. The second-order valence-electron chi connectivity index (χ2n) is 5.55. The van der Waals surface area contributed by atoms with Gasteiger partial charge in [-0.3, -0.25) is 0 Å². The average molecular weight is 210 g/mol. The first kappa shape index (κ1) is 9.89. The van der Waals surface area contributed by atoms with Gasteiger partial charge in [0.25, 0.3) is 0 Å². The van der Waals surface area contributed by atoms with Crippen molar-refractivity contribution >= 4 is 0 Å². The van der Waals surface area contributed by atoms with Gasteiger partial charge in [-0.05, 0) is 24.5 Å². The zero-order valence-electron chi connectivity index (χ0n) is 10.2. The molecule has 0 aliphatic heterocycles. The van der Waals surface area contributed by atoms with Crippen LogP contribution in [0.25, 0.3) is 0 Å². The zero-order chi connectivity index (χ0) is 11.3. The van der Waals surface area contributed by atoms with Crippen LogP contribution in [-0.2, 0) is 5.41 Å². The maximum absolute atomic E-state index is 2.37. The van der Waals surface area contributed by atoms with Crippen molar-refractivity contribution < 1.29 is 0 Å². The predicted octanol–water partition coefficient (Wildman–Crippen LogP) is 4.26. The fourth-order valence-electron chi connectivity index (χ4n) is 3.24. The molecule has 0 heterocycles. The molecule has 0 radical (unpaired) electrons. The molecule has 82 valence electrons. The number of allylic oxidation sites excluding steroid dienone is 4. The van der Waals surface area contributed by atoms with Gasteiger partial charge in [0.2, 0.25) is 0 Å². The summed E-state index contributed by atoms with van der Waals surface area (Å²) in [5.74, 6) is 0.635. The minimum absolute atomic E-state index is 0.219. The molecule has 0 nitrogen and oxygen atoms in total. The summed E-state index contributed by atoms with van der Waals surface area (Å²) in [5.41, 5.74) is 6.27. The third-order valence-electron chi connectivity index (χ3n) is 4.14. The highest BCUT2D eigenvalue weighted by atomic mass is 14.4. The lowest BCUT2D eigenvalue weighted by atomic mass is 9.79. The molecule has 0 fully saturated rings. The minimum Gasteiger partial charge on any atom is -0.0836 e. The van der Waals surface area contributed by atoms with Gasteiger partial charge in [-0.25, -0.2) is 0 Å². The molecule has 0 saturated carbocycles. The van der Waals surface area contributed by atoms with E-state index in [2.05, 4.69) is 57.2 Å². The molecule has 0 N–H and O–H groups in total. The Kier molecular flexibility index (Phi) is 1.92. The summed E-state index contributed by atoms with van der Waals surface area (Å²) < 4.78 is 0. The Morgan fingerprint density at radius 3 is 2.88 bits per heavy atom. The predicted molar refractivity (Wildman–Crippen MR) is 68.8 cm³/mol. The normalized spacial score (nSPS) is 24.9. The SMILES string of the molecule is Cc1ccc2c(c1)C(C)(C)C1=CC=CCC12. The van der Waals surface area contributed by atoms with Gasteiger partial charge in [0.15, 0.2) is 0 Å². The summed E-state index contributed by atoms with van der Waals surface area (Å²) in [6.07, 6.45) is 8.00. The minimum atomic E-state index is 0.219. The van der Waals surface area contributed by atoms with E-state index < -0.39 is 0 Å². The first-order valence-corrected chi connectivity index (χ1v) is 6.09. The summed E-state index contributed by atoms with van der Waals surface area (Å²) in [5, 5.41) is 0. The zero-order valence-corrected chi connectivity index (χ0v) is 10.2. The molecule has 0 spiro atoms. The van der Waals surface area contributed by atoms with Crippen molar-refractivity contribution in [2.45, 2.75) is 38.5 Å². The molecule has 16 heavy (non-hydrogen) atoms. The molecule has 3 rings (SSSR count). The van der Waals surface area contributed by atoms with Gasteiger partial charge in [-0.1, -0.05) is 61.4 Å². The molecule has 0 bridgehead atoms. The van der Waals surface area contributed by atoms with Crippen molar-refractivity contribution in [3.05, 3.63) is 58.7 Å². The third kappa shape index (κ3) is 1.16. The van der Waals surface area contributed by atoms with Gasteiger partial charge in [0, 0.05) is 11.3 Å². The van der Waals surface area contributed by atoms with Gasteiger partial charge >= 0.3 is 0 Å². The molecule has 2 aliphatic rings. The van der Waals surface area contributed by atoms with Crippen molar-refractivity contribution in [3.8, 4) is 0 Å². The van der Waals surface area contributed by atoms with E-state index in [1.54, 1.807) is 11.1 Å². The first-order chi connectivity index (χ1) is 7.60. The van der Waals surface area contributed by atoms with Crippen molar-refractivity contribution in [3.63, 3.8) is 0 Å². The van der Waals surface area contributed by atoms with Crippen LogP contribution in [0.5, 0.6) is 0 Å². The summed E-state index contributed by atoms with van der Waals surface area (Å²) in [4.78, 5) is 0. The number of hydrogen-bond acceptors (Lipinski definition) is 0. The van der Waals surface area contributed by atoms with Crippen LogP contribution in [0.1, 0.15) is 42.9 Å². The topological polar surface area (TPSA) is 0 Å². The molecule has 0 aromatic heterocycles. The monoisotopic (exact) mass is 210 g/mol. The molecular formula is C16H18. The number of rotatable bonds is 0. The van der Waals surface area contributed by atoms with E-state index in [4.69, 9.17) is 0 Å². The molecule has 1 aromatic rings. The van der Waals surface area contributed by atoms with E-state index in [0.717, 1.165) is 0 Å². The van der Waals surface area contributed by atoms with Gasteiger partial charge in [0.05, 0.1) is 0 Å². The van der Waals surface area contributed by atoms with Gasteiger partial charge < -0.3 is 0 Å².